The molecule has 1 saturated heterocycles. The van der Waals surface area contributed by atoms with Crippen LogP contribution in [0.1, 0.15) is 27.7 Å². The number of rotatable bonds is 1. The van der Waals surface area contributed by atoms with Crippen molar-refractivity contribution in [3.63, 3.8) is 0 Å². The molecule has 1 heterocycles. The van der Waals surface area contributed by atoms with Gasteiger partial charge in [-0.25, -0.2) is 0 Å². The second-order valence-electron chi connectivity index (χ2n) is 4.01. The van der Waals surface area contributed by atoms with Crippen LogP contribution in [0, 0.1) is 17.8 Å². The first-order valence-electron chi connectivity index (χ1n) is 4.36. The van der Waals surface area contributed by atoms with Crippen LogP contribution in [0.25, 0.3) is 0 Å². The summed E-state index contributed by atoms with van der Waals surface area (Å²) >= 11 is 0. The molecule has 0 aromatic heterocycles. The van der Waals surface area contributed by atoms with Crippen LogP contribution in [0.4, 0.5) is 0 Å². The Kier molecular flexibility index (Phi) is 2.35. The van der Waals surface area contributed by atoms with Gasteiger partial charge in [0.15, 0.2) is 0 Å². The van der Waals surface area contributed by atoms with Crippen LogP contribution >= 0.6 is 0 Å². The molecule has 1 aliphatic heterocycles. The minimum atomic E-state index is 0.759. The van der Waals surface area contributed by atoms with Crippen molar-refractivity contribution in [2.45, 2.75) is 33.7 Å². The summed E-state index contributed by atoms with van der Waals surface area (Å²) in [7, 11) is 0. The van der Waals surface area contributed by atoms with E-state index in [0.717, 1.165) is 23.8 Å². The molecule has 0 spiro atoms. The van der Waals surface area contributed by atoms with Crippen LogP contribution in [0.3, 0.4) is 0 Å². The highest BCUT2D eigenvalue weighted by Gasteiger charge is 2.30. The predicted octanol–water partition coefficient (Wildman–Crippen LogP) is 1.89. The van der Waals surface area contributed by atoms with Gasteiger partial charge in [-0.15, -0.1) is 0 Å². The third-order valence-corrected chi connectivity index (χ3v) is 2.86. The zero-order valence-electron chi connectivity index (χ0n) is 7.52. The molecule has 1 aliphatic rings. The van der Waals surface area contributed by atoms with Gasteiger partial charge in [0.25, 0.3) is 0 Å². The largest absolute Gasteiger partial charge is 0.313 e. The third-order valence-electron chi connectivity index (χ3n) is 2.86. The maximum absolute atomic E-state index is 3.56. The summed E-state index contributed by atoms with van der Waals surface area (Å²) in [5, 5.41) is 3.56. The highest BCUT2D eigenvalue weighted by atomic mass is 15.0. The topological polar surface area (TPSA) is 12.0 Å². The van der Waals surface area contributed by atoms with E-state index in [-0.39, 0.29) is 0 Å². The van der Waals surface area contributed by atoms with Crippen LogP contribution in [0.2, 0.25) is 0 Å². The quantitative estimate of drug-likeness (QED) is 0.588. The Morgan fingerprint density at radius 1 is 1.30 bits per heavy atom. The van der Waals surface area contributed by atoms with Crippen molar-refractivity contribution >= 4 is 0 Å². The molecule has 0 aromatic carbocycles. The van der Waals surface area contributed by atoms with Crippen molar-refractivity contribution < 1.29 is 0 Å². The van der Waals surface area contributed by atoms with Gasteiger partial charge >= 0.3 is 0 Å². The minimum absolute atomic E-state index is 0.759. The van der Waals surface area contributed by atoms with E-state index in [1.807, 2.05) is 0 Å². The lowest BCUT2D eigenvalue weighted by atomic mass is 9.88. The summed E-state index contributed by atoms with van der Waals surface area (Å²) in [6.45, 7) is 10.5. The van der Waals surface area contributed by atoms with Gasteiger partial charge in [0.2, 0.25) is 0 Å². The molecule has 10 heavy (non-hydrogen) atoms. The van der Waals surface area contributed by atoms with Crippen molar-refractivity contribution in [1.82, 2.24) is 5.32 Å². The number of hydrogen-bond acceptors (Lipinski definition) is 1. The molecule has 3 unspecified atom stereocenters. The molecule has 60 valence electrons. The fraction of sp³-hybridized carbons (Fsp3) is 1.00. The molecule has 0 aliphatic carbocycles. The fourth-order valence-corrected chi connectivity index (χ4v) is 1.89. The Labute approximate surface area is 64.2 Å². The maximum atomic E-state index is 3.56. The van der Waals surface area contributed by atoms with Crippen LogP contribution in [0.5, 0.6) is 0 Å². The van der Waals surface area contributed by atoms with Gasteiger partial charge in [0, 0.05) is 6.04 Å². The summed E-state index contributed by atoms with van der Waals surface area (Å²) in [6, 6.07) is 0.759. The molecule has 3 atom stereocenters. The SMILES string of the molecule is CC(C)C1NCC(C)C1C. The lowest BCUT2D eigenvalue weighted by molar-refractivity contribution is 0.342. The zero-order chi connectivity index (χ0) is 7.72. The molecule has 0 amide bonds. The average Bonchev–Trinajstić information content (AvgIpc) is 2.14. The monoisotopic (exact) mass is 141 g/mol. The van der Waals surface area contributed by atoms with E-state index in [1.54, 1.807) is 0 Å². The normalized spacial score (nSPS) is 41.1. The molecule has 1 nitrogen and oxygen atoms in total. The van der Waals surface area contributed by atoms with Crippen molar-refractivity contribution in [3.05, 3.63) is 0 Å². The Morgan fingerprint density at radius 2 is 1.90 bits per heavy atom. The van der Waals surface area contributed by atoms with E-state index < -0.39 is 0 Å². The van der Waals surface area contributed by atoms with Crippen molar-refractivity contribution in [2.24, 2.45) is 17.8 Å². The molecule has 0 saturated carbocycles. The molecule has 0 radical (unpaired) electrons. The van der Waals surface area contributed by atoms with E-state index >= 15 is 0 Å². The summed E-state index contributed by atoms with van der Waals surface area (Å²) in [5.41, 5.74) is 0. The second kappa shape index (κ2) is 2.91. The molecule has 1 heteroatoms. The first kappa shape index (κ1) is 8.06. The molecule has 1 fully saturated rings. The van der Waals surface area contributed by atoms with Gasteiger partial charge in [0.05, 0.1) is 0 Å². The molecule has 1 N–H and O–H groups in total. The lowest BCUT2D eigenvalue weighted by Crippen LogP contribution is -2.31. The van der Waals surface area contributed by atoms with Crippen LogP contribution < -0.4 is 5.32 Å². The summed E-state index contributed by atoms with van der Waals surface area (Å²) < 4.78 is 0. The van der Waals surface area contributed by atoms with Gasteiger partial charge in [-0.05, 0) is 24.3 Å². The van der Waals surface area contributed by atoms with Gasteiger partial charge < -0.3 is 5.32 Å². The van der Waals surface area contributed by atoms with Crippen LogP contribution in [0.15, 0.2) is 0 Å². The first-order valence-corrected chi connectivity index (χ1v) is 4.36. The van der Waals surface area contributed by atoms with Crippen molar-refractivity contribution in [3.8, 4) is 0 Å². The Balaban J connectivity index is 2.49. The Morgan fingerprint density at radius 3 is 2.10 bits per heavy atom. The predicted molar refractivity (Wildman–Crippen MR) is 45.0 cm³/mol. The molecular formula is C9H19N. The Hall–Kier alpha value is -0.0400. The minimum Gasteiger partial charge on any atom is -0.313 e. The summed E-state index contributed by atoms with van der Waals surface area (Å²) in [5.74, 6) is 2.52. The average molecular weight is 141 g/mol. The summed E-state index contributed by atoms with van der Waals surface area (Å²) in [6.07, 6.45) is 0. The number of nitrogens with one attached hydrogen (secondary N) is 1. The van der Waals surface area contributed by atoms with Crippen LogP contribution in [-0.4, -0.2) is 12.6 Å². The van der Waals surface area contributed by atoms with Crippen LogP contribution in [-0.2, 0) is 0 Å². The van der Waals surface area contributed by atoms with E-state index in [0.29, 0.717) is 0 Å². The first-order chi connectivity index (χ1) is 4.63. The van der Waals surface area contributed by atoms with E-state index in [2.05, 4.69) is 33.0 Å². The summed E-state index contributed by atoms with van der Waals surface area (Å²) in [4.78, 5) is 0. The van der Waals surface area contributed by atoms with E-state index in [1.165, 1.54) is 6.54 Å². The van der Waals surface area contributed by atoms with E-state index in [9.17, 15) is 0 Å². The molecule has 0 bridgehead atoms. The van der Waals surface area contributed by atoms with Crippen molar-refractivity contribution in [2.75, 3.05) is 6.54 Å². The highest BCUT2D eigenvalue weighted by molar-refractivity contribution is 4.87. The van der Waals surface area contributed by atoms with Crippen molar-refractivity contribution in [1.29, 1.82) is 0 Å². The highest BCUT2D eigenvalue weighted by Crippen LogP contribution is 2.25. The van der Waals surface area contributed by atoms with Gasteiger partial charge in [-0.3, -0.25) is 0 Å². The molecular weight excluding hydrogens is 122 g/mol. The third kappa shape index (κ3) is 1.34. The maximum Gasteiger partial charge on any atom is 0.0119 e. The molecule has 1 rings (SSSR count). The smallest absolute Gasteiger partial charge is 0.0119 e. The number of hydrogen-bond donors (Lipinski definition) is 1. The zero-order valence-corrected chi connectivity index (χ0v) is 7.52. The fourth-order valence-electron chi connectivity index (χ4n) is 1.89. The van der Waals surface area contributed by atoms with Gasteiger partial charge in [-0.1, -0.05) is 27.7 Å². The lowest BCUT2D eigenvalue weighted by Gasteiger charge is -2.20. The Bertz CT molecular complexity index is 109. The molecule has 0 aromatic rings. The standard InChI is InChI=1S/C9H19N/c1-6(2)9-8(4)7(3)5-10-9/h6-10H,5H2,1-4H3. The van der Waals surface area contributed by atoms with Gasteiger partial charge in [0.1, 0.15) is 0 Å². The van der Waals surface area contributed by atoms with Gasteiger partial charge in [-0.2, -0.15) is 0 Å². The second-order valence-corrected chi connectivity index (χ2v) is 4.01. The van der Waals surface area contributed by atoms with E-state index in [4.69, 9.17) is 0 Å².